The van der Waals surface area contributed by atoms with Crippen molar-refractivity contribution in [2.75, 3.05) is 6.61 Å². The highest BCUT2D eigenvalue weighted by Gasteiger charge is 2.58. The van der Waals surface area contributed by atoms with Crippen molar-refractivity contribution in [1.29, 1.82) is 0 Å². The van der Waals surface area contributed by atoms with Crippen LogP contribution in [0.1, 0.15) is 46.0 Å². The van der Waals surface area contributed by atoms with Gasteiger partial charge in [0.2, 0.25) is 0 Å². The Hall–Kier alpha value is 0.0500. The standard InChI is InChI=1S/C13H22OS/c1-4-6-12-7-5-8-13(12,14-10-9-12)15-11(2)3/h4,11H,1,5-10H2,2-3H3. The first-order valence-electron chi connectivity index (χ1n) is 6.07. The van der Waals surface area contributed by atoms with Crippen molar-refractivity contribution in [3.8, 4) is 0 Å². The topological polar surface area (TPSA) is 9.23 Å². The van der Waals surface area contributed by atoms with Crippen LogP contribution in [0.3, 0.4) is 0 Å². The summed E-state index contributed by atoms with van der Waals surface area (Å²) in [5, 5.41) is 0.658. The van der Waals surface area contributed by atoms with E-state index in [4.69, 9.17) is 4.74 Å². The molecule has 2 fully saturated rings. The summed E-state index contributed by atoms with van der Waals surface area (Å²) in [5.74, 6) is 0. The van der Waals surface area contributed by atoms with E-state index in [1.165, 1.54) is 25.7 Å². The predicted octanol–water partition coefficient (Wildman–Crippen LogP) is 3.99. The van der Waals surface area contributed by atoms with Crippen LogP contribution in [0.15, 0.2) is 12.7 Å². The highest BCUT2D eigenvalue weighted by molar-refractivity contribution is 8.01. The van der Waals surface area contributed by atoms with E-state index >= 15 is 0 Å². The average molecular weight is 226 g/mol. The summed E-state index contributed by atoms with van der Waals surface area (Å²) in [6.07, 6.45) is 8.36. The molecule has 2 heteroatoms. The molecule has 2 unspecified atom stereocenters. The molecular formula is C13H22OS. The lowest BCUT2D eigenvalue weighted by Crippen LogP contribution is -2.38. The van der Waals surface area contributed by atoms with Gasteiger partial charge in [0, 0.05) is 17.3 Å². The van der Waals surface area contributed by atoms with Gasteiger partial charge in [0.15, 0.2) is 0 Å². The third kappa shape index (κ3) is 1.76. The maximum atomic E-state index is 6.15. The fourth-order valence-corrected chi connectivity index (χ4v) is 5.01. The SMILES string of the molecule is C=CCC12CCCC1(SC(C)C)OCC2. The molecule has 0 amide bonds. The van der Waals surface area contributed by atoms with Gasteiger partial charge in [-0.1, -0.05) is 19.9 Å². The number of allylic oxidation sites excluding steroid dienone is 1. The summed E-state index contributed by atoms with van der Waals surface area (Å²) in [6.45, 7) is 9.43. The van der Waals surface area contributed by atoms with E-state index in [9.17, 15) is 0 Å². The summed E-state index contributed by atoms with van der Waals surface area (Å²) in [7, 11) is 0. The van der Waals surface area contributed by atoms with Gasteiger partial charge in [0.1, 0.15) is 4.93 Å². The molecule has 0 aromatic carbocycles. The van der Waals surface area contributed by atoms with Gasteiger partial charge in [-0.05, 0) is 32.1 Å². The zero-order chi connectivity index (χ0) is 10.9. The summed E-state index contributed by atoms with van der Waals surface area (Å²) >= 11 is 2.05. The van der Waals surface area contributed by atoms with E-state index in [0.717, 1.165) is 13.0 Å². The zero-order valence-electron chi connectivity index (χ0n) is 9.92. The molecule has 0 aromatic heterocycles. The second-order valence-electron chi connectivity index (χ2n) is 5.14. The normalized spacial score (nSPS) is 39.7. The lowest BCUT2D eigenvalue weighted by atomic mass is 9.79. The largest absolute Gasteiger partial charge is 0.364 e. The fraction of sp³-hybridized carbons (Fsp3) is 0.846. The highest BCUT2D eigenvalue weighted by atomic mass is 32.2. The number of thioether (sulfide) groups is 1. The van der Waals surface area contributed by atoms with E-state index in [-0.39, 0.29) is 4.93 Å². The Morgan fingerprint density at radius 2 is 2.20 bits per heavy atom. The summed E-state index contributed by atoms with van der Waals surface area (Å²) in [5.41, 5.74) is 0.406. The summed E-state index contributed by atoms with van der Waals surface area (Å²) in [6, 6.07) is 0. The minimum absolute atomic E-state index is 0.120. The smallest absolute Gasteiger partial charge is 0.119 e. The monoisotopic (exact) mass is 226 g/mol. The zero-order valence-corrected chi connectivity index (χ0v) is 10.7. The molecular weight excluding hydrogens is 204 g/mol. The minimum atomic E-state index is 0.120. The molecule has 0 aromatic rings. The number of rotatable bonds is 4. The quantitative estimate of drug-likeness (QED) is 0.670. The van der Waals surface area contributed by atoms with Crippen LogP contribution in [0.2, 0.25) is 0 Å². The Balaban J connectivity index is 2.23. The van der Waals surface area contributed by atoms with E-state index in [1.807, 2.05) is 11.8 Å². The van der Waals surface area contributed by atoms with E-state index in [1.54, 1.807) is 0 Å². The molecule has 0 radical (unpaired) electrons. The van der Waals surface area contributed by atoms with Gasteiger partial charge in [-0.15, -0.1) is 18.3 Å². The lowest BCUT2D eigenvalue weighted by Gasteiger charge is -2.39. The van der Waals surface area contributed by atoms with Gasteiger partial charge in [0.05, 0.1) is 0 Å². The van der Waals surface area contributed by atoms with Crippen molar-refractivity contribution in [3.63, 3.8) is 0 Å². The molecule has 0 N–H and O–H groups in total. The molecule has 2 atom stereocenters. The molecule has 86 valence electrons. The van der Waals surface area contributed by atoms with Gasteiger partial charge in [-0.25, -0.2) is 0 Å². The fourth-order valence-electron chi connectivity index (χ4n) is 3.30. The van der Waals surface area contributed by atoms with Crippen molar-refractivity contribution >= 4 is 11.8 Å². The molecule has 1 aliphatic carbocycles. The molecule has 1 aliphatic heterocycles. The highest BCUT2D eigenvalue weighted by Crippen LogP contribution is 2.63. The van der Waals surface area contributed by atoms with Crippen LogP contribution in [0, 0.1) is 5.41 Å². The predicted molar refractivity (Wildman–Crippen MR) is 67.1 cm³/mol. The first-order valence-corrected chi connectivity index (χ1v) is 6.95. The summed E-state index contributed by atoms with van der Waals surface area (Å²) in [4.78, 5) is 0.120. The maximum Gasteiger partial charge on any atom is 0.119 e. The molecule has 1 saturated carbocycles. The van der Waals surface area contributed by atoms with Crippen LogP contribution in [-0.2, 0) is 4.74 Å². The summed E-state index contributed by atoms with van der Waals surface area (Å²) < 4.78 is 6.15. The Kier molecular flexibility index (Phi) is 3.18. The molecule has 2 rings (SSSR count). The van der Waals surface area contributed by atoms with Crippen LogP contribution in [-0.4, -0.2) is 16.8 Å². The van der Waals surface area contributed by atoms with Crippen LogP contribution in [0.4, 0.5) is 0 Å². The van der Waals surface area contributed by atoms with Crippen LogP contribution in [0.5, 0.6) is 0 Å². The molecule has 0 bridgehead atoms. The Morgan fingerprint density at radius 1 is 1.40 bits per heavy atom. The number of hydrogen-bond acceptors (Lipinski definition) is 2. The molecule has 2 aliphatic rings. The van der Waals surface area contributed by atoms with E-state index < -0.39 is 0 Å². The third-order valence-corrected chi connectivity index (χ3v) is 5.45. The Bertz CT molecular complexity index is 237. The van der Waals surface area contributed by atoms with Crippen LogP contribution in [0.25, 0.3) is 0 Å². The first-order chi connectivity index (χ1) is 7.14. The van der Waals surface area contributed by atoms with Crippen molar-refractivity contribution in [3.05, 3.63) is 12.7 Å². The van der Waals surface area contributed by atoms with Crippen molar-refractivity contribution in [2.24, 2.45) is 5.41 Å². The van der Waals surface area contributed by atoms with Gasteiger partial charge in [0.25, 0.3) is 0 Å². The van der Waals surface area contributed by atoms with Crippen molar-refractivity contribution in [2.45, 2.75) is 56.1 Å². The third-order valence-electron chi connectivity index (χ3n) is 3.85. The number of hydrogen-bond donors (Lipinski definition) is 0. The molecule has 15 heavy (non-hydrogen) atoms. The second-order valence-corrected chi connectivity index (χ2v) is 6.98. The first kappa shape index (κ1) is 11.5. The molecule has 1 nitrogen and oxygen atoms in total. The average Bonchev–Trinajstić information content (AvgIpc) is 2.58. The Labute approximate surface area is 97.7 Å². The molecule has 1 saturated heterocycles. The van der Waals surface area contributed by atoms with Gasteiger partial charge < -0.3 is 4.74 Å². The number of fused-ring (bicyclic) bond motifs is 1. The second kappa shape index (κ2) is 4.14. The van der Waals surface area contributed by atoms with Crippen molar-refractivity contribution in [1.82, 2.24) is 0 Å². The van der Waals surface area contributed by atoms with Gasteiger partial charge in [-0.3, -0.25) is 0 Å². The molecule has 1 heterocycles. The Morgan fingerprint density at radius 3 is 2.87 bits per heavy atom. The lowest BCUT2D eigenvalue weighted by molar-refractivity contribution is 0.0383. The van der Waals surface area contributed by atoms with Crippen LogP contribution >= 0.6 is 11.8 Å². The van der Waals surface area contributed by atoms with E-state index in [2.05, 4.69) is 26.5 Å². The van der Waals surface area contributed by atoms with Gasteiger partial charge >= 0.3 is 0 Å². The minimum Gasteiger partial charge on any atom is -0.364 e. The number of ether oxygens (including phenoxy) is 1. The maximum absolute atomic E-state index is 6.15. The van der Waals surface area contributed by atoms with Crippen molar-refractivity contribution < 1.29 is 4.74 Å². The van der Waals surface area contributed by atoms with Gasteiger partial charge in [-0.2, -0.15) is 0 Å². The van der Waals surface area contributed by atoms with Crippen LogP contribution < -0.4 is 0 Å². The molecule has 0 spiro atoms. The van der Waals surface area contributed by atoms with E-state index in [0.29, 0.717) is 10.7 Å².